The van der Waals surface area contributed by atoms with Gasteiger partial charge in [0.05, 0.1) is 6.61 Å². The molecule has 2 fully saturated rings. The van der Waals surface area contributed by atoms with E-state index >= 15 is 0 Å². The van der Waals surface area contributed by atoms with Crippen molar-refractivity contribution in [3.8, 4) is 0 Å². The fraction of sp³-hybridized carbons (Fsp3) is 0.860. The van der Waals surface area contributed by atoms with Gasteiger partial charge in [-0.05, 0) is 169 Å². The van der Waals surface area contributed by atoms with E-state index in [-0.39, 0.29) is 109 Å². The molecule has 2 aliphatic rings. The predicted octanol–water partition coefficient (Wildman–Crippen LogP) is 8.62. The van der Waals surface area contributed by atoms with Crippen molar-refractivity contribution in [1.29, 1.82) is 0 Å². The lowest BCUT2D eigenvalue weighted by Gasteiger charge is -2.34. The summed E-state index contributed by atoms with van der Waals surface area (Å²) < 4.78 is 34.0. The summed E-state index contributed by atoms with van der Waals surface area (Å²) in [6.07, 6.45) is 1.05. The van der Waals surface area contributed by atoms with Crippen LogP contribution in [0.15, 0.2) is 0 Å². The van der Waals surface area contributed by atoms with Gasteiger partial charge in [-0.25, -0.2) is 24.0 Å². The smallest absolute Gasteiger partial charge is 0.410 e. The summed E-state index contributed by atoms with van der Waals surface area (Å²) in [6.45, 7) is 33.8. The molecule has 0 aliphatic carbocycles. The number of rotatable bonds is 10. The molecule has 2 rings (SSSR count). The van der Waals surface area contributed by atoms with E-state index in [4.69, 9.17) is 28.4 Å². The summed E-state index contributed by atoms with van der Waals surface area (Å²) in [5.41, 5.74) is -3.84. The summed E-state index contributed by atoms with van der Waals surface area (Å²) in [7, 11) is 0. The van der Waals surface area contributed by atoms with E-state index in [0.717, 1.165) is 6.42 Å². The second-order valence-corrected chi connectivity index (χ2v) is 25.5. The maximum absolute atomic E-state index is 14.3. The average Bonchev–Trinajstić information content (AvgIpc) is 3.28. The number of carbonyl (C=O) groups excluding carboxylic acids is 8. The number of nitrogens with zero attached hydrogens (tertiary/aromatic N) is 8. The molecule has 2 aliphatic heterocycles. The summed E-state index contributed by atoms with van der Waals surface area (Å²) in [5.74, 6) is -0.640. The molecule has 22 heteroatoms. The van der Waals surface area contributed by atoms with Gasteiger partial charge in [-0.2, -0.15) is 0 Å². The molecule has 0 aromatic heterocycles. The molecule has 0 N–H and O–H groups in total. The van der Waals surface area contributed by atoms with Crippen LogP contribution in [0.2, 0.25) is 0 Å². The van der Waals surface area contributed by atoms with Crippen LogP contribution in [0.4, 0.5) is 24.0 Å². The number of hydrogen-bond donors (Lipinski definition) is 0. The third kappa shape index (κ3) is 31.3. The average molecular weight is 1130 g/mol. The van der Waals surface area contributed by atoms with Crippen LogP contribution in [0.3, 0.4) is 0 Å². The zero-order valence-corrected chi connectivity index (χ0v) is 51.6. The lowest BCUT2D eigenvalue weighted by molar-refractivity contribution is -0.143. The van der Waals surface area contributed by atoms with Crippen LogP contribution in [-0.4, -0.2) is 233 Å². The molecular formula is C57H104N8O14. The molecule has 2 heterocycles. The van der Waals surface area contributed by atoms with Gasteiger partial charge >= 0.3 is 36.4 Å². The van der Waals surface area contributed by atoms with E-state index in [1.807, 2.05) is 20.8 Å². The van der Waals surface area contributed by atoms with Gasteiger partial charge in [-0.15, -0.1) is 0 Å². The normalized spacial score (nSPS) is 17.4. The van der Waals surface area contributed by atoms with Crippen molar-refractivity contribution in [3.63, 3.8) is 0 Å². The first-order valence-corrected chi connectivity index (χ1v) is 28.9. The molecule has 22 nitrogen and oxygen atoms in total. The van der Waals surface area contributed by atoms with E-state index in [0.29, 0.717) is 84.4 Å². The van der Waals surface area contributed by atoms with E-state index < -0.39 is 58.5 Å². The van der Waals surface area contributed by atoms with Crippen LogP contribution in [0.25, 0.3) is 0 Å². The number of amides is 7. The Kier molecular flexibility index (Phi) is 29.0. The van der Waals surface area contributed by atoms with Crippen molar-refractivity contribution in [2.24, 2.45) is 0 Å². The molecule has 7 amide bonds. The van der Waals surface area contributed by atoms with Gasteiger partial charge in [-0.3, -0.25) is 14.4 Å². The van der Waals surface area contributed by atoms with Crippen LogP contribution in [-0.2, 0) is 42.8 Å². The molecule has 0 saturated carbocycles. The molecule has 0 aromatic carbocycles. The van der Waals surface area contributed by atoms with Gasteiger partial charge in [0.15, 0.2) is 0 Å². The molecule has 79 heavy (non-hydrogen) atoms. The summed E-state index contributed by atoms with van der Waals surface area (Å²) in [5, 5.41) is 0. The molecule has 0 bridgehead atoms. The second-order valence-electron chi connectivity index (χ2n) is 25.5. The largest absolute Gasteiger partial charge is 0.466 e. The first kappa shape index (κ1) is 69.8. The van der Waals surface area contributed by atoms with Crippen LogP contribution in [0, 0.1) is 0 Å². The molecule has 0 atom stereocenters. The summed E-state index contributed by atoms with van der Waals surface area (Å²) in [4.78, 5) is 122. The molecule has 0 aromatic rings. The number of ether oxygens (including phenoxy) is 6. The van der Waals surface area contributed by atoms with E-state index in [1.54, 1.807) is 115 Å². The Morgan fingerprint density at radius 3 is 0.873 bits per heavy atom. The number of esters is 1. The zero-order valence-electron chi connectivity index (χ0n) is 51.6. The predicted molar refractivity (Wildman–Crippen MR) is 301 cm³/mol. The highest BCUT2D eigenvalue weighted by atomic mass is 16.6. The van der Waals surface area contributed by atoms with Gasteiger partial charge in [0.25, 0.3) is 0 Å². The summed E-state index contributed by atoms with van der Waals surface area (Å²) in [6, 6.07) is 0. The fourth-order valence-electron chi connectivity index (χ4n) is 8.54. The second kappa shape index (κ2) is 32.8. The maximum atomic E-state index is 14.3. The molecular weight excluding hydrogens is 1020 g/mol. The minimum atomic E-state index is -0.793. The number of carbonyl (C=O) groups is 8. The van der Waals surface area contributed by atoms with Gasteiger partial charge in [0.1, 0.15) is 28.0 Å². The van der Waals surface area contributed by atoms with Crippen molar-refractivity contribution in [3.05, 3.63) is 0 Å². The Morgan fingerprint density at radius 2 is 0.582 bits per heavy atom. The van der Waals surface area contributed by atoms with Crippen molar-refractivity contribution in [2.45, 2.75) is 203 Å². The maximum Gasteiger partial charge on any atom is 0.410 e. The standard InChI is InChI=1S/C57H104N8O14/c1-17-74-47(68)27-18-19-28-58-29-21-30-59(39-41-62(49(70)76-54(5,6)7)34-23-33-61(38-37-58)48(69)75-53(2,3)4)45(66)25-20-26-46(67)60-31-22-32-64(51(72)78-56(11,12)13)43-44-65(52(73)79-57(14,15)16)36-24-35-63(42-40-60)50(71)77-55(8,9)10/h17-44H2,1-16H3. The van der Waals surface area contributed by atoms with Gasteiger partial charge in [-0.1, -0.05) is 0 Å². The van der Waals surface area contributed by atoms with Crippen LogP contribution >= 0.6 is 0 Å². The molecule has 0 unspecified atom stereocenters. The highest BCUT2D eigenvalue weighted by Gasteiger charge is 2.31. The Balaban J connectivity index is 2.41. The number of hydrogen-bond acceptors (Lipinski definition) is 15. The molecule has 2 saturated heterocycles. The molecule has 456 valence electrons. The SMILES string of the molecule is CCOC(=O)CCCCN1CCCN(C(=O)CCCC(=O)N2CCCN(C(=O)OC(C)(C)C)CCN(C(=O)OC(C)(C)C)CCCN(C(=O)OC(C)(C)C)CC2)CCN(C(=O)OC(C)(C)C)CCCN(C(=O)OC(C)(C)C)CC1. The Bertz CT molecular complexity index is 1940. The molecule has 0 radical (unpaired) electrons. The fourth-order valence-corrected chi connectivity index (χ4v) is 8.54. The van der Waals surface area contributed by atoms with Gasteiger partial charge in [0, 0.05) is 117 Å². The molecule has 0 spiro atoms. The van der Waals surface area contributed by atoms with Gasteiger partial charge in [0.2, 0.25) is 11.8 Å². The van der Waals surface area contributed by atoms with E-state index in [2.05, 4.69) is 4.90 Å². The quantitative estimate of drug-likeness (QED) is 0.114. The lowest BCUT2D eigenvalue weighted by atomic mass is 10.1. The number of unbranched alkanes of at least 4 members (excludes halogenated alkanes) is 1. The lowest BCUT2D eigenvalue weighted by Crippen LogP contribution is -2.48. The third-order valence-electron chi connectivity index (χ3n) is 12.2. The first-order chi connectivity index (χ1) is 36.5. The van der Waals surface area contributed by atoms with Crippen molar-refractivity contribution in [2.75, 3.05) is 118 Å². The first-order valence-electron chi connectivity index (χ1n) is 28.9. The van der Waals surface area contributed by atoms with Crippen molar-refractivity contribution < 1.29 is 66.8 Å². The van der Waals surface area contributed by atoms with Crippen LogP contribution in [0.5, 0.6) is 0 Å². The Labute approximate surface area is 473 Å². The van der Waals surface area contributed by atoms with Gasteiger partial charge < -0.3 is 67.6 Å². The minimum absolute atomic E-state index is 0.0321. The van der Waals surface area contributed by atoms with Crippen molar-refractivity contribution >= 4 is 48.2 Å². The van der Waals surface area contributed by atoms with E-state index in [9.17, 15) is 38.4 Å². The highest BCUT2D eigenvalue weighted by molar-refractivity contribution is 5.79. The highest BCUT2D eigenvalue weighted by Crippen LogP contribution is 2.19. The van der Waals surface area contributed by atoms with Crippen LogP contribution in [0.1, 0.15) is 175 Å². The van der Waals surface area contributed by atoms with Crippen LogP contribution < -0.4 is 0 Å². The van der Waals surface area contributed by atoms with Crippen molar-refractivity contribution in [1.82, 2.24) is 39.2 Å². The van der Waals surface area contributed by atoms with E-state index in [1.165, 1.54) is 9.80 Å². The monoisotopic (exact) mass is 1120 g/mol. The zero-order chi connectivity index (χ0) is 59.8. The topological polar surface area (TPSA) is 218 Å². The Morgan fingerprint density at radius 1 is 0.316 bits per heavy atom. The summed E-state index contributed by atoms with van der Waals surface area (Å²) >= 11 is 0. The minimum Gasteiger partial charge on any atom is -0.466 e. The third-order valence-corrected chi connectivity index (χ3v) is 12.2. The Hall–Kier alpha value is -5.28.